The number of para-hydroxylation sites is 1. The molecular formula is C21H22F2N2O3. The highest BCUT2D eigenvalue weighted by Crippen LogP contribution is 2.30. The first kappa shape index (κ1) is 19.9. The van der Waals surface area contributed by atoms with Crippen LogP contribution < -0.4 is 15.0 Å². The lowest BCUT2D eigenvalue weighted by Crippen LogP contribution is -2.37. The van der Waals surface area contributed by atoms with Gasteiger partial charge in [-0.15, -0.1) is 0 Å². The number of rotatable bonds is 8. The minimum Gasteiger partial charge on any atom is -0.488 e. The molecule has 1 heterocycles. The predicted molar refractivity (Wildman–Crippen MR) is 104 cm³/mol. The summed E-state index contributed by atoms with van der Waals surface area (Å²) in [4.78, 5) is 13.1. The SMILES string of the molecule is O=C=C(CCNc1cccc(F)c1N1CCOCC1)COc1cccc(F)c1. The van der Waals surface area contributed by atoms with Crippen LogP contribution in [0, 0.1) is 11.6 Å². The molecule has 0 bridgehead atoms. The van der Waals surface area contributed by atoms with Crippen LogP contribution >= 0.6 is 0 Å². The van der Waals surface area contributed by atoms with Crippen molar-refractivity contribution in [2.45, 2.75) is 6.42 Å². The molecule has 2 aromatic rings. The van der Waals surface area contributed by atoms with Crippen molar-refractivity contribution in [2.24, 2.45) is 0 Å². The van der Waals surface area contributed by atoms with Crippen molar-refractivity contribution in [3.63, 3.8) is 0 Å². The number of hydrogen-bond donors (Lipinski definition) is 1. The van der Waals surface area contributed by atoms with Crippen LogP contribution in [-0.2, 0) is 9.53 Å². The minimum atomic E-state index is -0.405. The summed E-state index contributed by atoms with van der Waals surface area (Å²) < 4.78 is 38.3. The van der Waals surface area contributed by atoms with E-state index < -0.39 is 5.82 Å². The van der Waals surface area contributed by atoms with Gasteiger partial charge in [0.15, 0.2) is 0 Å². The van der Waals surface area contributed by atoms with Gasteiger partial charge in [0.1, 0.15) is 29.9 Å². The zero-order valence-electron chi connectivity index (χ0n) is 15.4. The van der Waals surface area contributed by atoms with Gasteiger partial charge in [-0.25, -0.2) is 13.6 Å². The minimum absolute atomic E-state index is 0.0219. The predicted octanol–water partition coefficient (Wildman–Crippen LogP) is 3.44. The fraction of sp³-hybridized carbons (Fsp3) is 0.333. The maximum Gasteiger partial charge on any atom is 0.148 e. The third kappa shape index (κ3) is 5.31. The molecule has 28 heavy (non-hydrogen) atoms. The molecule has 2 aromatic carbocycles. The van der Waals surface area contributed by atoms with Gasteiger partial charge in [0.05, 0.1) is 30.2 Å². The molecule has 0 aromatic heterocycles. The Labute approximate surface area is 162 Å². The van der Waals surface area contributed by atoms with Crippen LogP contribution in [0.1, 0.15) is 6.42 Å². The first-order chi connectivity index (χ1) is 13.7. The molecule has 3 rings (SSSR count). The van der Waals surface area contributed by atoms with Crippen LogP contribution in [0.5, 0.6) is 5.75 Å². The number of nitrogens with zero attached hydrogens (tertiary/aromatic N) is 1. The second-order valence-corrected chi connectivity index (χ2v) is 6.36. The van der Waals surface area contributed by atoms with E-state index in [9.17, 15) is 13.6 Å². The average Bonchev–Trinajstić information content (AvgIpc) is 2.71. The van der Waals surface area contributed by atoms with E-state index in [2.05, 4.69) is 5.32 Å². The van der Waals surface area contributed by atoms with E-state index in [4.69, 9.17) is 9.47 Å². The normalized spacial score (nSPS) is 13.7. The average molecular weight is 388 g/mol. The summed E-state index contributed by atoms with van der Waals surface area (Å²) in [5.41, 5.74) is 1.58. The summed E-state index contributed by atoms with van der Waals surface area (Å²) in [7, 11) is 0. The van der Waals surface area contributed by atoms with E-state index in [1.54, 1.807) is 18.2 Å². The monoisotopic (exact) mass is 388 g/mol. The van der Waals surface area contributed by atoms with E-state index in [0.717, 1.165) is 0 Å². The number of nitrogens with one attached hydrogen (secondary N) is 1. The molecule has 0 aliphatic carbocycles. The van der Waals surface area contributed by atoms with E-state index in [-0.39, 0.29) is 12.4 Å². The van der Waals surface area contributed by atoms with Crippen molar-refractivity contribution < 1.29 is 23.0 Å². The zero-order valence-corrected chi connectivity index (χ0v) is 15.4. The number of anilines is 2. The third-order valence-electron chi connectivity index (χ3n) is 4.41. The van der Waals surface area contributed by atoms with Crippen molar-refractivity contribution in [2.75, 3.05) is 49.7 Å². The second-order valence-electron chi connectivity index (χ2n) is 6.36. The van der Waals surface area contributed by atoms with Crippen molar-refractivity contribution in [3.05, 3.63) is 59.7 Å². The molecule has 0 unspecified atom stereocenters. The lowest BCUT2D eigenvalue weighted by atomic mass is 10.2. The highest BCUT2D eigenvalue weighted by molar-refractivity contribution is 5.71. The molecule has 1 N–H and O–H groups in total. The van der Waals surface area contributed by atoms with Gasteiger partial charge < -0.3 is 19.7 Å². The molecule has 5 nitrogen and oxygen atoms in total. The van der Waals surface area contributed by atoms with Crippen LogP contribution in [0.2, 0.25) is 0 Å². The van der Waals surface area contributed by atoms with Gasteiger partial charge >= 0.3 is 0 Å². The molecule has 1 saturated heterocycles. The molecule has 0 spiro atoms. The highest BCUT2D eigenvalue weighted by Gasteiger charge is 2.18. The van der Waals surface area contributed by atoms with E-state index in [0.29, 0.717) is 62.0 Å². The Hall–Kier alpha value is -2.89. The Balaban J connectivity index is 1.56. The molecule has 1 aliphatic heterocycles. The number of carbonyl (C=O) groups excluding carboxylic acids is 1. The first-order valence-electron chi connectivity index (χ1n) is 9.13. The molecule has 0 atom stereocenters. The number of hydrogen-bond acceptors (Lipinski definition) is 5. The molecule has 7 heteroatoms. The second kappa shape index (κ2) is 9.88. The Kier molecular flexibility index (Phi) is 7.00. The number of morpholine rings is 1. The highest BCUT2D eigenvalue weighted by atomic mass is 19.1. The lowest BCUT2D eigenvalue weighted by molar-refractivity contribution is 0.122. The van der Waals surface area contributed by atoms with Crippen LogP contribution in [0.3, 0.4) is 0 Å². The van der Waals surface area contributed by atoms with Gasteiger partial charge in [-0.2, -0.15) is 0 Å². The maximum absolute atomic E-state index is 14.4. The maximum atomic E-state index is 14.4. The Morgan fingerprint density at radius 3 is 2.71 bits per heavy atom. The Morgan fingerprint density at radius 2 is 1.96 bits per heavy atom. The summed E-state index contributed by atoms with van der Waals surface area (Å²) in [6.07, 6.45) is 0.373. The van der Waals surface area contributed by atoms with Gasteiger partial charge in [0.2, 0.25) is 0 Å². The van der Waals surface area contributed by atoms with Crippen LogP contribution in [0.25, 0.3) is 0 Å². The molecular weight excluding hydrogens is 366 g/mol. The van der Waals surface area contributed by atoms with Crippen molar-refractivity contribution in [1.29, 1.82) is 0 Å². The summed E-state index contributed by atoms with van der Waals surface area (Å²) in [5, 5.41) is 3.19. The van der Waals surface area contributed by atoms with Gasteiger partial charge in [0, 0.05) is 25.7 Å². The smallest absolute Gasteiger partial charge is 0.148 e. The van der Waals surface area contributed by atoms with Gasteiger partial charge in [-0.1, -0.05) is 12.1 Å². The molecule has 1 aliphatic rings. The third-order valence-corrected chi connectivity index (χ3v) is 4.41. The standard InChI is InChI=1S/C21H22F2N2O3/c22-17-3-1-4-18(13-17)28-15-16(14-26)7-8-24-20-6-2-5-19(23)21(20)25-9-11-27-12-10-25/h1-6,13,24H,7-12,15H2. The molecule has 0 amide bonds. The van der Waals surface area contributed by atoms with Crippen LogP contribution in [-0.4, -0.2) is 45.4 Å². The van der Waals surface area contributed by atoms with Gasteiger partial charge in [-0.05, 0) is 30.7 Å². The van der Waals surface area contributed by atoms with Crippen molar-refractivity contribution in [3.8, 4) is 5.75 Å². The summed E-state index contributed by atoms with van der Waals surface area (Å²) in [6.45, 7) is 2.80. The quantitative estimate of drug-likeness (QED) is 0.702. The Morgan fingerprint density at radius 1 is 1.18 bits per heavy atom. The molecule has 0 saturated carbocycles. The topological polar surface area (TPSA) is 50.8 Å². The Bertz CT molecular complexity index is 847. The van der Waals surface area contributed by atoms with Gasteiger partial charge in [-0.3, -0.25) is 0 Å². The largest absolute Gasteiger partial charge is 0.488 e. The van der Waals surface area contributed by atoms with E-state index in [1.807, 2.05) is 10.8 Å². The number of benzene rings is 2. The number of ether oxygens (including phenoxy) is 2. The summed E-state index contributed by atoms with van der Waals surface area (Å²) >= 11 is 0. The first-order valence-corrected chi connectivity index (χ1v) is 9.13. The fourth-order valence-electron chi connectivity index (χ4n) is 2.99. The van der Waals surface area contributed by atoms with Crippen molar-refractivity contribution >= 4 is 17.3 Å². The summed E-state index contributed by atoms with van der Waals surface area (Å²) in [5.74, 6) is 1.51. The van der Waals surface area contributed by atoms with E-state index >= 15 is 0 Å². The molecule has 1 fully saturated rings. The number of halogens is 2. The lowest BCUT2D eigenvalue weighted by Gasteiger charge is -2.31. The summed E-state index contributed by atoms with van der Waals surface area (Å²) in [6, 6.07) is 10.6. The van der Waals surface area contributed by atoms with Crippen molar-refractivity contribution in [1.82, 2.24) is 0 Å². The van der Waals surface area contributed by atoms with Crippen LogP contribution in [0.4, 0.5) is 20.2 Å². The molecule has 0 radical (unpaired) electrons. The van der Waals surface area contributed by atoms with Gasteiger partial charge in [0.25, 0.3) is 0 Å². The molecule has 148 valence electrons. The zero-order chi connectivity index (χ0) is 19.8. The van der Waals surface area contributed by atoms with E-state index in [1.165, 1.54) is 24.3 Å². The fourth-order valence-corrected chi connectivity index (χ4v) is 2.99. The van der Waals surface area contributed by atoms with Crippen LogP contribution in [0.15, 0.2) is 48.0 Å².